The van der Waals surface area contributed by atoms with Crippen LogP contribution in [0.15, 0.2) is 41.4 Å². The molecule has 0 saturated carbocycles. The standard InChI is InChI=1S/C13H13ClN2O2S/c1-9-5-10(2)7-12(6-9)19(17,18)16-11-3-4-15-13(14)8-11/h3-8H,1-2H3,(H,15,16). The van der Waals surface area contributed by atoms with Gasteiger partial charge in [-0.2, -0.15) is 0 Å². The van der Waals surface area contributed by atoms with E-state index in [2.05, 4.69) is 9.71 Å². The summed E-state index contributed by atoms with van der Waals surface area (Å²) in [5.74, 6) is 0. The lowest BCUT2D eigenvalue weighted by molar-refractivity contribution is 0.601. The molecule has 0 radical (unpaired) electrons. The van der Waals surface area contributed by atoms with E-state index >= 15 is 0 Å². The summed E-state index contributed by atoms with van der Waals surface area (Å²) in [5, 5.41) is 0.237. The van der Waals surface area contributed by atoms with Crippen LogP contribution < -0.4 is 4.72 Å². The molecular weight excluding hydrogens is 284 g/mol. The van der Waals surface area contributed by atoms with Crippen molar-refractivity contribution in [1.82, 2.24) is 4.98 Å². The fraction of sp³-hybridized carbons (Fsp3) is 0.154. The number of rotatable bonds is 3. The third-order valence-corrected chi connectivity index (χ3v) is 4.05. The Labute approximate surface area is 117 Å². The Morgan fingerprint density at radius 3 is 2.32 bits per heavy atom. The zero-order valence-electron chi connectivity index (χ0n) is 10.5. The Balaban J connectivity index is 2.37. The predicted molar refractivity (Wildman–Crippen MR) is 76.0 cm³/mol. The zero-order chi connectivity index (χ0) is 14.0. The van der Waals surface area contributed by atoms with Crippen LogP contribution in [0.3, 0.4) is 0 Å². The molecule has 100 valence electrons. The molecule has 1 N–H and O–H groups in total. The first-order chi connectivity index (χ1) is 8.87. The van der Waals surface area contributed by atoms with E-state index in [0.717, 1.165) is 11.1 Å². The minimum absolute atomic E-state index is 0.234. The van der Waals surface area contributed by atoms with Crippen molar-refractivity contribution in [3.8, 4) is 0 Å². The van der Waals surface area contributed by atoms with Crippen molar-refractivity contribution in [2.45, 2.75) is 18.7 Å². The Morgan fingerprint density at radius 2 is 1.74 bits per heavy atom. The molecule has 4 nitrogen and oxygen atoms in total. The molecule has 1 heterocycles. The largest absolute Gasteiger partial charge is 0.279 e. The van der Waals surface area contributed by atoms with Gasteiger partial charge in [0.05, 0.1) is 10.6 Å². The third kappa shape index (κ3) is 3.45. The minimum Gasteiger partial charge on any atom is -0.279 e. The molecule has 0 aliphatic rings. The number of pyridine rings is 1. The molecule has 0 fully saturated rings. The fourth-order valence-corrected chi connectivity index (χ4v) is 3.18. The van der Waals surface area contributed by atoms with Gasteiger partial charge in [-0.25, -0.2) is 13.4 Å². The number of aryl methyl sites for hydroxylation is 2. The van der Waals surface area contributed by atoms with Gasteiger partial charge in [0.25, 0.3) is 10.0 Å². The third-order valence-electron chi connectivity index (χ3n) is 2.48. The predicted octanol–water partition coefficient (Wildman–Crippen LogP) is 3.15. The van der Waals surface area contributed by atoms with Crippen LogP contribution in [-0.4, -0.2) is 13.4 Å². The quantitative estimate of drug-likeness (QED) is 0.885. The molecule has 2 rings (SSSR count). The molecule has 0 aliphatic heterocycles. The molecule has 19 heavy (non-hydrogen) atoms. The van der Waals surface area contributed by atoms with E-state index in [9.17, 15) is 8.42 Å². The maximum Gasteiger partial charge on any atom is 0.261 e. The van der Waals surface area contributed by atoms with Crippen LogP contribution in [0.1, 0.15) is 11.1 Å². The van der Waals surface area contributed by atoms with Gasteiger partial charge in [-0.05, 0) is 49.2 Å². The molecule has 0 bridgehead atoms. The first-order valence-electron chi connectivity index (χ1n) is 5.59. The Hall–Kier alpha value is -1.59. The smallest absolute Gasteiger partial charge is 0.261 e. The summed E-state index contributed by atoms with van der Waals surface area (Å²) in [6, 6.07) is 8.17. The topological polar surface area (TPSA) is 59.1 Å². The zero-order valence-corrected chi connectivity index (χ0v) is 12.1. The average molecular weight is 297 g/mol. The lowest BCUT2D eigenvalue weighted by Gasteiger charge is -2.09. The second kappa shape index (κ2) is 5.19. The minimum atomic E-state index is -3.61. The summed E-state index contributed by atoms with van der Waals surface area (Å²) < 4.78 is 27.0. The molecule has 0 saturated heterocycles. The van der Waals surface area contributed by atoms with Crippen molar-refractivity contribution in [1.29, 1.82) is 0 Å². The first-order valence-corrected chi connectivity index (χ1v) is 7.45. The highest BCUT2D eigenvalue weighted by Crippen LogP contribution is 2.19. The van der Waals surface area contributed by atoms with E-state index in [-0.39, 0.29) is 10.0 Å². The van der Waals surface area contributed by atoms with Gasteiger partial charge >= 0.3 is 0 Å². The first kappa shape index (κ1) is 13.8. The van der Waals surface area contributed by atoms with Crippen LogP contribution in [0, 0.1) is 13.8 Å². The SMILES string of the molecule is Cc1cc(C)cc(S(=O)(=O)Nc2ccnc(Cl)c2)c1. The number of anilines is 1. The molecule has 0 spiro atoms. The van der Waals surface area contributed by atoms with Gasteiger partial charge in [-0.15, -0.1) is 0 Å². The molecule has 6 heteroatoms. The number of nitrogens with zero attached hydrogens (tertiary/aromatic N) is 1. The number of benzene rings is 1. The van der Waals surface area contributed by atoms with Gasteiger partial charge in [-0.3, -0.25) is 4.72 Å². The highest BCUT2D eigenvalue weighted by Gasteiger charge is 2.15. The van der Waals surface area contributed by atoms with Crippen LogP contribution in [0.4, 0.5) is 5.69 Å². The van der Waals surface area contributed by atoms with Crippen LogP contribution in [0.2, 0.25) is 5.15 Å². The number of hydrogen-bond acceptors (Lipinski definition) is 3. The summed E-state index contributed by atoms with van der Waals surface area (Å²) in [6.07, 6.45) is 1.45. The van der Waals surface area contributed by atoms with Crippen molar-refractivity contribution < 1.29 is 8.42 Å². The van der Waals surface area contributed by atoms with E-state index in [1.165, 1.54) is 12.3 Å². The Bertz CT molecular complexity index is 694. The Morgan fingerprint density at radius 1 is 1.11 bits per heavy atom. The van der Waals surface area contributed by atoms with Crippen LogP contribution in [0.5, 0.6) is 0 Å². The molecule has 1 aromatic heterocycles. The summed E-state index contributed by atoms with van der Waals surface area (Å²) in [7, 11) is -3.61. The van der Waals surface area contributed by atoms with Crippen LogP contribution >= 0.6 is 11.6 Å². The monoisotopic (exact) mass is 296 g/mol. The molecule has 0 atom stereocenters. The highest BCUT2D eigenvalue weighted by atomic mass is 35.5. The number of aromatic nitrogens is 1. The van der Waals surface area contributed by atoms with Gasteiger partial charge in [0.15, 0.2) is 0 Å². The van der Waals surface area contributed by atoms with E-state index in [4.69, 9.17) is 11.6 Å². The number of nitrogens with one attached hydrogen (secondary N) is 1. The van der Waals surface area contributed by atoms with E-state index in [0.29, 0.717) is 5.69 Å². The molecule has 2 aromatic rings. The maximum absolute atomic E-state index is 12.2. The highest BCUT2D eigenvalue weighted by molar-refractivity contribution is 7.92. The second-order valence-corrected chi connectivity index (χ2v) is 6.37. The van der Waals surface area contributed by atoms with E-state index < -0.39 is 10.0 Å². The Kier molecular flexibility index (Phi) is 3.78. The summed E-state index contributed by atoms with van der Waals surface area (Å²) in [6.45, 7) is 3.71. The van der Waals surface area contributed by atoms with Crippen LogP contribution in [0.25, 0.3) is 0 Å². The molecule has 0 unspecified atom stereocenters. The molecular formula is C13H13ClN2O2S. The molecule has 1 aromatic carbocycles. The van der Waals surface area contributed by atoms with Crippen molar-refractivity contribution in [3.05, 3.63) is 52.8 Å². The van der Waals surface area contributed by atoms with Gasteiger partial charge < -0.3 is 0 Å². The van der Waals surface area contributed by atoms with E-state index in [1.54, 1.807) is 18.2 Å². The number of sulfonamides is 1. The van der Waals surface area contributed by atoms with Crippen molar-refractivity contribution in [2.24, 2.45) is 0 Å². The normalized spacial score (nSPS) is 11.3. The number of halogens is 1. The van der Waals surface area contributed by atoms with Crippen molar-refractivity contribution >= 4 is 27.3 Å². The summed E-state index contributed by atoms with van der Waals surface area (Å²) >= 11 is 5.72. The number of hydrogen-bond donors (Lipinski definition) is 1. The van der Waals surface area contributed by atoms with Crippen molar-refractivity contribution in [3.63, 3.8) is 0 Å². The molecule has 0 aliphatic carbocycles. The lowest BCUT2D eigenvalue weighted by Crippen LogP contribution is -2.13. The maximum atomic E-state index is 12.2. The average Bonchev–Trinajstić information content (AvgIpc) is 2.26. The second-order valence-electron chi connectivity index (χ2n) is 4.30. The lowest BCUT2D eigenvalue weighted by atomic mass is 10.2. The van der Waals surface area contributed by atoms with E-state index in [1.807, 2.05) is 19.9 Å². The van der Waals surface area contributed by atoms with Crippen LogP contribution in [-0.2, 0) is 10.0 Å². The van der Waals surface area contributed by atoms with Crippen molar-refractivity contribution in [2.75, 3.05) is 4.72 Å². The van der Waals surface area contributed by atoms with Gasteiger partial charge in [-0.1, -0.05) is 17.7 Å². The fourth-order valence-electron chi connectivity index (χ4n) is 1.77. The molecule has 0 amide bonds. The van der Waals surface area contributed by atoms with Gasteiger partial charge in [0, 0.05) is 6.20 Å². The van der Waals surface area contributed by atoms with Gasteiger partial charge in [0.2, 0.25) is 0 Å². The summed E-state index contributed by atoms with van der Waals surface area (Å²) in [5.41, 5.74) is 2.18. The summed E-state index contributed by atoms with van der Waals surface area (Å²) in [4.78, 5) is 4.04. The van der Waals surface area contributed by atoms with Gasteiger partial charge in [0.1, 0.15) is 5.15 Å².